The molecule has 0 bridgehead atoms. The quantitative estimate of drug-likeness (QED) is 0.792. The summed E-state index contributed by atoms with van der Waals surface area (Å²) < 4.78 is 5.01. The van der Waals surface area contributed by atoms with Gasteiger partial charge in [0.05, 0.1) is 12.6 Å². The summed E-state index contributed by atoms with van der Waals surface area (Å²) in [4.78, 5) is 15.0. The van der Waals surface area contributed by atoms with Gasteiger partial charge in [-0.05, 0) is 12.1 Å². The van der Waals surface area contributed by atoms with Gasteiger partial charge in [0.25, 0.3) is 5.91 Å². The minimum absolute atomic E-state index is 0.246. The number of hydrogen-bond acceptors (Lipinski definition) is 3. The molecule has 1 radical (unpaired) electrons. The minimum Gasteiger partial charge on any atom is -0.496 e. The molecule has 1 heterocycles. The summed E-state index contributed by atoms with van der Waals surface area (Å²) in [7, 11) is 1.55. The summed E-state index contributed by atoms with van der Waals surface area (Å²) in [6, 6.07) is 9.76. The average molecular weight is 201 g/mol. The Morgan fingerprint density at radius 1 is 1.53 bits per heavy atom. The smallest absolute Gasteiger partial charge is 0.267 e. The van der Waals surface area contributed by atoms with Crippen molar-refractivity contribution >= 4 is 16.8 Å². The van der Waals surface area contributed by atoms with E-state index in [4.69, 9.17) is 10.5 Å². The van der Waals surface area contributed by atoms with Crippen molar-refractivity contribution < 1.29 is 9.53 Å². The lowest BCUT2D eigenvalue weighted by Crippen LogP contribution is -2.12. The maximum absolute atomic E-state index is 10.9. The minimum atomic E-state index is -0.538. The molecule has 0 saturated heterocycles. The molecule has 2 aromatic rings. The van der Waals surface area contributed by atoms with Crippen LogP contribution in [-0.2, 0) is 0 Å². The fourth-order valence-electron chi connectivity index (χ4n) is 1.29. The number of primary amides is 1. The van der Waals surface area contributed by atoms with Gasteiger partial charge in [-0.25, -0.2) is 4.98 Å². The highest BCUT2D eigenvalue weighted by Gasteiger charge is 2.04. The molecule has 0 spiro atoms. The van der Waals surface area contributed by atoms with Gasteiger partial charge in [0.15, 0.2) is 0 Å². The van der Waals surface area contributed by atoms with E-state index in [9.17, 15) is 4.79 Å². The van der Waals surface area contributed by atoms with Crippen LogP contribution in [0.5, 0.6) is 5.75 Å². The van der Waals surface area contributed by atoms with Gasteiger partial charge in [-0.1, -0.05) is 6.07 Å². The molecule has 1 aromatic heterocycles. The largest absolute Gasteiger partial charge is 0.496 e. The van der Waals surface area contributed by atoms with Gasteiger partial charge in [0.1, 0.15) is 11.4 Å². The van der Waals surface area contributed by atoms with E-state index in [1.165, 1.54) is 0 Å². The lowest BCUT2D eigenvalue weighted by molar-refractivity contribution is 0.0996. The Bertz CT molecular complexity index is 523. The highest BCUT2D eigenvalue weighted by atomic mass is 16.5. The Kier molecular flexibility index (Phi) is 2.25. The second-order valence-corrected chi connectivity index (χ2v) is 3.04. The molecule has 0 aliphatic rings. The Balaban J connectivity index is 2.62. The number of pyridine rings is 1. The second kappa shape index (κ2) is 3.57. The number of nitrogens with zero attached hydrogens (tertiary/aromatic N) is 1. The third kappa shape index (κ3) is 1.74. The molecule has 75 valence electrons. The molecule has 0 aliphatic heterocycles. The van der Waals surface area contributed by atoms with Crippen molar-refractivity contribution in [2.45, 2.75) is 0 Å². The van der Waals surface area contributed by atoms with Crippen LogP contribution < -0.4 is 10.5 Å². The number of amides is 1. The number of benzene rings is 1. The predicted molar refractivity (Wildman–Crippen MR) is 55.6 cm³/mol. The first kappa shape index (κ1) is 9.45. The molecule has 0 aliphatic carbocycles. The lowest BCUT2D eigenvalue weighted by Gasteiger charge is -2.02. The third-order valence-electron chi connectivity index (χ3n) is 2.07. The third-order valence-corrected chi connectivity index (χ3v) is 2.07. The number of fused-ring (bicyclic) bond motifs is 1. The van der Waals surface area contributed by atoms with E-state index in [2.05, 4.69) is 11.1 Å². The van der Waals surface area contributed by atoms with Gasteiger partial charge < -0.3 is 10.5 Å². The van der Waals surface area contributed by atoms with E-state index >= 15 is 0 Å². The maximum Gasteiger partial charge on any atom is 0.267 e. The standard InChI is InChI=1S/C11H9N2O2/c1-15-8-4-2-7-3-5-9(11(12)14)13-10(7)6-8/h2-3,5-6H,1H3,(H2,12,14). The van der Waals surface area contributed by atoms with Crippen LogP contribution in [0, 0.1) is 6.07 Å². The molecule has 0 saturated carbocycles. The number of nitrogens with two attached hydrogens (primary N) is 1. The van der Waals surface area contributed by atoms with Gasteiger partial charge in [0.2, 0.25) is 0 Å². The maximum atomic E-state index is 10.9. The zero-order valence-electron chi connectivity index (χ0n) is 8.15. The summed E-state index contributed by atoms with van der Waals surface area (Å²) >= 11 is 0. The van der Waals surface area contributed by atoms with E-state index in [1.807, 2.05) is 0 Å². The molecule has 0 fully saturated rings. The van der Waals surface area contributed by atoms with Gasteiger partial charge in [0, 0.05) is 17.5 Å². The van der Waals surface area contributed by atoms with Crippen LogP contribution in [0.3, 0.4) is 0 Å². The van der Waals surface area contributed by atoms with Gasteiger partial charge >= 0.3 is 0 Å². The second-order valence-electron chi connectivity index (χ2n) is 3.04. The SMILES string of the molecule is COc1[c]cc2ccc(C(N)=O)nc2c1. The van der Waals surface area contributed by atoms with E-state index in [0.717, 1.165) is 5.39 Å². The Hall–Kier alpha value is -2.10. The number of carbonyl (C=O) groups is 1. The van der Waals surface area contributed by atoms with Crippen molar-refractivity contribution in [1.82, 2.24) is 4.98 Å². The van der Waals surface area contributed by atoms with Crippen LogP contribution in [0.15, 0.2) is 24.3 Å². The molecular formula is C11H9N2O2. The molecular weight excluding hydrogens is 192 g/mol. The Morgan fingerprint density at radius 3 is 3.00 bits per heavy atom. The molecule has 2 rings (SSSR count). The van der Waals surface area contributed by atoms with Crippen LogP contribution in [0.4, 0.5) is 0 Å². The predicted octanol–water partition coefficient (Wildman–Crippen LogP) is 1.14. The Labute approximate surface area is 86.7 Å². The molecule has 1 aromatic carbocycles. The van der Waals surface area contributed by atoms with Gasteiger partial charge in [-0.15, -0.1) is 0 Å². The number of carbonyl (C=O) groups excluding carboxylic acids is 1. The summed E-state index contributed by atoms with van der Waals surface area (Å²) in [6.07, 6.45) is 0. The monoisotopic (exact) mass is 201 g/mol. The molecule has 2 N–H and O–H groups in total. The van der Waals surface area contributed by atoms with Crippen LogP contribution in [0.25, 0.3) is 10.9 Å². The zero-order valence-corrected chi connectivity index (χ0v) is 8.15. The van der Waals surface area contributed by atoms with Crippen molar-refractivity contribution in [3.05, 3.63) is 36.0 Å². The van der Waals surface area contributed by atoms with Crippen LogP contribution in [-0.4, -0.2) is 18.0 Å². The fourth-order valence-corrected chi connectivity index (χ4v) is 1.29. The fraction of sp³-hybridized carbons (Fsp3) is 0.0909. The summed E-state index contributed by atoms with van der Waals surface area (Å²) in [6.45, 7) is 0. The summed E-state index contributed by atoms with van der Waals surface area (Å²) in [5.41, 5.74) is 6.05. The van der Waals surface area contributed by atoms with Crippen LogP contribution >= 0.6 is 0 Å². The number of methoxy groups -OCH3 is 1. The Morgan fingerprint density at radius 2 is 2.33 bits per heavy atom. The van der Waals surface area contributed by atoms with Gasteiger partial charge in [-0.3, -0.25) is 4.79 Å². The first-order chi connectivity index (χ1) is 7.20. The van der Waals surface area contributed by atoms with Crippen molar-refractivity contribution in [2.75, 3.05) is 7.11 Å². The number of hydrogen-bond donors (Lipinski definition) is 1. The summed E-state index contributed by atoms with van der Waals surface area (Å²) in [5.74, 6) is 0.0420. The first-order valence-electron chi connectivity index (χ1n) is 4.37. The van der Waals surface area contributed by atoms with Crippen LogP contribution in [0.1, 0.15) is 10.5 Å². The average Bonchev–Trinajstić information content (AvgIpc) is 2.27. The van der Waals surface area contributed by atoms with E-state index in [-0.39, 0.29) is 5.69 Å². The molecule has 0 atom stereocenters. The van der Waals surface area contributed by atoms with E-state index < -0.39 is 5.91 Å². The highest BCUT2D eigenvalue weighted by molar-refractivity contribution is 5.93. The van der Waals surface area contributed by atoms with Crippen molar-refractivity contribution in [3.63, 3.8) is 0 Å². The van der Waals surface area contributed by atoms with Crippen molar-refractivity contribution in [2.24, 2.45) is 5.73 Å². The van der Waals surface area contributed by atoms with Gasteiger partial charge in [-0.2, -0.15) is 0 Å². The topological polar surface area (TPSA) is 65.2 Å². The molecule has 4 heteroatoms. The normalized spacial score (nSPS) is 10.2. The summed E-state index contributed by atoms with van der Waals surface area (Å²) in [5, 5.41) is 0.890. The van der Waals surface area contributed by atoms with E-state index in [1.54, 1.807) is 31.4 Å². The molecule has 4 nitrogen and oxygen atoms in total. The van der Waals surface area contributed by atoms with Crippen LogP contribution in [0.2, 0.25) is 0 Å². The highest BCUT2D eigenvalue weighted by Crippen LogP contribution is 2.18. The van der Waals surface area contributed by atoms with Crippen molar-refractivity contribution in [3.8, 4) is 5.75 Å². The van der Waals surface area contributed by atoms with E-state index in [0.29, 0.717) is 11.3 Å². The lowest BCUT2D eigenvalue weighted by atomic mass is 10.2. The number of ether oxygens (including phenoxy) is 1. The number of aromatic nitrogens is 1. The van der Waals surface area contributed by atoms with Crippen molar-refractivity contribution in [1.29, 1.82) is 0 Å². The molecule has 0 unspecified atom stereocenters. The molecule has 1 amide bonds. The first-order valence-corrected chi connectivity index (χ1v) is 4.37. The number of rotatable bonds is 2. The molecule has 15 heavy (non-hydrogen) atoms. The zero-order chi connectivity index (χ0) is 10.8.